The van der Waals surface area contributed by atoms with Gasteiger partial charge in [-0.25, -0.2) is 4.39 Å². The Morgan fingerprint density at radius 3 is 2.54 bits per heavy atom. The zero-order valence-corrected chi connectivity index (χ0v) is 7.55. The molecule has 1 aliphatic heterocycles. The van der Waals surface area contributed by atoms with Crippen molar-refractivity contribution in [2.75, 3.05) is 13.2 Å². The largest absolute Gasteiger partial charge is 0.346 e. The Kier molecular flexibility index (Phi) is 2.49. The first kappa shape index (κ1) is 8.94. The van der Waals surface area contributed by atoms with Crippen LogP contribution in [0, 0.1) is 5.82 Å². The van der Waals surface area contributed by atoms with Gasteiger partial charge in [0.15, 0.2) is 6.29 Å². The average molecular weight is 203 g/mol. The first-order chi connectivity index (χ1) is 6.25. The third-order valence-electron chi connectivity index (χ3n) is 1.78. The van der Waals surface area contributed by atoms with Crippen molar-refractivity contribution < 1.29 is 13.9 Å². The van der Waals surface area contributed by atoms with Crippen LogP contribution in [0.1, 0.15) is 11.9 Å². The molecule has 70 valence electrons. The predicted molar refractivity (Wildman–Crippen MR) is 46.1 cm³/mol. The van der Waals surface area contributed by atoms with Gasteiger partial charge in [0.1, 0.15) is 5.82 Å². The van der Waals surface area contributed by atoms with Gasteiger partial charge in [0.2, 0.25) is 0 Å². The Labute approximate surface area is 80.2 Å². The van der Waals surface area contributed by atoms with E-state index < -0.39 is 6.29 Å². The molecule has 0 radical (unpaired) electrons. The number of hydrogen-bond acceptors (Lipinski definition) is 2. The van der Waals surface area contributed by atoms with E-state index in [0.29, 0.717) is 23.8 Å². The van der Waals surface area contributed by atoms with E-state index in [1.807, 2.05) is 0 Å². The van der Waals surface area contributed by atoms with E-state index in [-0.39, 0.29) is 5.82 Å². The van der Waals surface area contributed by atoms with Gasteiger partial charge in [-0.1, -0.05) is 11.6 Å². The Hall–Kier alpha value is -0.640. The van der Waals surface area contributed by atoms with Crippen LogP contribution in [-0.4, -0.2) is 13.2 Å². The van der Waals surface area contributed by atoms with Crippen LogP contribution in [0.25, 0.3) is 0 Å². The minimum absolute atomic E-state index is 0.356. The van der Waals surface area contributed by atoms with Crippen molar-refractivity contribution in [3.05, 3.63) is 34.6 Å². The summed E-state index contributed by atoms with van der Waals surface area (Å²) < 4.78 is 23.3. The van der Waals surface area contributed by atoms with Gasteiger partial charge in [-0.3, -0.25) is 0 Å². The summed E-state index contributed by atoms with van der Waals surface area (Å²) in [5.74, 6) is -0.374. The van der Waals surface area contributed by atoms with Crippen molar-refractivity contribution in [1.29, 1.82) is 0 Å². The Morgan fingerprint density at radius 2 is 1.92 bits per heavy atom. The van der Waals surface area contributed by atoms with Gasteiger partial charge in [0, 0.05) is 10.6 Å². The van der Waals surface area contributed by atoms with Crippen LogP contribution < -0.4 is 0 Å². The fourth-order valence-electron chi connectivity index (χ4n) is 1.26. The first-order valence-corrected chi connectivity index (χ1v) is 4.33. The first-order valence-electron chi connectivity index (χ1n) is 3.95. The summed E-state index contributed by atoms with van der Waals surface area (Å²) in [5.41, 5.74) is 0.627. The lowest BCUT2D eigenvalue weighted by Crippen LogP contribution is -1.98. The summed E-state index contributed by atoms with van der Waals surface area (Å²) in [6, 6.07) is 4.25. The Bertz CT molecular complexity index is 290. The quantitative estimate of drug-likeness (QED) is 0.697. The molecular formula is C9H8ClFO2. The number of halogens is 2. The monoisotopic (exact) mass is 202 g/mol. The third kappa shape index (κ3) is 1.99. The highest BCUT2D eigenvalue weighted by Gasteiger charge is 2.19. The molecular weight excluding hydrogens is 195 g/mol. The number of rotatable bonds is 1. The van der Waals surface area contributed by atoms with Crippen LogP contribution in [0.5, 0.6) is 0 Å². The van der Waals surface area contributed by atoms with E-state index in [9.17, 15) is 4.39 Å². The van der Waals surface area contributed by atoms with Gasteiger partial charge >= 0.3 is 0 Å². The highest BCUT2D eigenvalue weighted by Crippen LogP contribution is 2.26. The Balaban J connectivity index is 2.28. The molecule has 13 heavy (non-hydrogen) atoms. The zero-order chi connectivity index (χ0) is 9.26. The van der Waals surface area contributed by atoms with E-state index in [1.54, 1.807) is 6.07 Å². The zero-order valence-electron chi connectivity index (χ0n) is 6.80. The van der Waals surface area contributed by atoms with Gasteiger partial charge in [-0.05, 0) is 18.2 Å². The van der Waals surface area contributed by atoms with Crippen molar-refractivity contribution in [1.82, 2.24) is 0 Å². The highest BCUT2D eigenvalue weighted by molar-refractivity contribution is 6.30. The fourth-order valence-corrected chi connectivity index (χ4v) is 1.49. The lowest BCUT2D eigenvalue weighted by Gasteiger charge is -2.09. The molecule has 0 aliphatic carbocycles. The summed E-state index contributed by atoms with van der Waals surface area (Å²) in [6.07, 6.45) is -0.465. The summed E-state index contributed by atoms with van der Waals surface area (Å²) >= 11 is 5.68. The minimum Gasteiger partial charge on any atom is -0.346 e. The van der Waals surface area contributed by atoms with Gasteiger partial charge < -0.3 is 9.47 Å². The molecule has 0 bridgehead atoms. The second-order valence-electron chi connectivity index (χ2n) is 2.78. The van der Waals surface area contributed by atoms with Gasteiger partial charge in [0.25, 0.3) is 0 Å². The van der Waals surface area contributed by atoms with E-state index in [4.69, 9.17) is 21.1 Å². The fraction of sp³-hybridized carbons (Fsp3) is 0.333. The van der Waals surface area contributed by atoms with Crippen LogP contribution in [-0.2, 0) is 9.47 Å². The maximum atomic E-state index is 12.9. The normalized spacial score (nSPS) is 18.0. The molecule has 2 nitrogen and oxygen atoms in total. The third-order valence-corrected chi connectivity index (χ3v) is 2.00. The van der Waals surface area contributed by atoms with Gasteiger partial charge in [-0.2, -0.15) is 0 Å². The van der Waals surface area contributed by atoms with Crippen LogP contribution in [0.2, 0.25) is 5.02 Å². The molecule has 1 saturated heterocycles. The molecule has 0 spiro atoms. The van der Waals surface area contributed by atoms with Crippen LogP contribution in [0.3, 0.4) is 0 Å². The molecule has 1 aliphatic rings. The van der Waals surface area contributed by atoms with Gasteiger partial charge in [-0.15, -0.1) is 0 Å². The maximum Gasteiger partial charge on any atom is 0.184 e. The molecule has 0 atom stereocenters. The molecule has 1 heterocycles. The van der Waals surface area contributed by atoms with E-state index in [1.165, 1.54) is 12.1 Å². The minimum atomic E-state index is -0.465. The average Bonchev–Trinajstić information content (AvgIpc) is 2.53. The topological polar surface area (TPSA) is 18.5 Å². The van der Waals surface area contributed by atoms with Crippen molar-refractivity contribution in [3.8, 4) is 0 Å². The molecule has 4 heteroatoms. The van der Waals surface area contributed by atoms with Crippen molar-refractivity contribution >= 4 is 11.6 Å². The molecule has 2 rings (SSSR count). The van der Waals surface area contributed by atoms with Crippen LogP contribution in [0.4, 0.5) is 4.39 Å². The lowest BCUT2D eigenvalue weighted by molar-refractivity contribution is -0.0442. The SMILES string of the molecule is Fc1cc(Cl)cc(C2OCCO2)c1. The van der Waals surface area contributed by atoms with Crippen molar-refractivity contribution in [2.45, 2.75) is 6.29 Å². The highest BCUT2D eigenvalue weighted by atomic mass is 35.5. The summed E-state index contributed by atoms with van der Waals surface area (Å²) in [6.45, 7) is 1.08. The molecule has 0 saturated carbocycles. The van der Waals surface area contributed by atoms with Crippen molar-refractivity contribution in [3.63, 3.8) is 0 Å². The van der Waals surface area contributed by atoms with Crippen LogP contribution in [0.15, 0.2) is 18.2 Å². The second-order valence-corrected chi connectivity index (χ2v) is 3.21. The summed E-state index contributed by atoms with van der Waals surface area (Å²) in [5, 5.41) is 0.356. The molecule has 1 aromatic rings. The standard InChI is InChI=1S/C9H8ClFO2/c10-7-3-6(4-8(11)5-7)9-12-1-2-13-9/h3-5,9H,1-2H2. The van der Waals surface area contributed by atoms with E-state index in [0.717, 1.165) is 0 Å². The van der Waals surface area contributed by atoms with Crippen LogP contribution >= 0.6 is 11.6 Å². The molecule has 0 unspecified atom stereocenters. The van der Waals surface area contributed by atoms with E-state index in [2.05, 4.69) is 0 Å². The summed E-state index contributed by atoms with van der Waals surface area (Å²) in [4.78, 5) is 0. The van der Waals surface area contributed by atoms with Crippen molar-refractivity contribution in [2.24, 2.45) is 0 Å². The molecule has 0 amide bonds. The molecule has 0 N–H and O–H groups in total. The van der Waals surface area contributed by atoms with Gasteiger partial charge in [0.05, 0.1) is 13.2 Å². The smallest absolute Gasteiger partial charge is 0.184 e. The lowest BCUT2D eigenvalue weighted by atomic mass is 10.2. The molecule has 1 fully saturated rings. The Morgan fingerprint density at radius 1 is 1.23 bits per heavy atom. The molecule has 1 aromatic carbocycles. The second kappa shape index (κ2) is 3.62. The molecule has 0 aromatic heterocycles. The number of ether oxygens (including phenoxy) is 2. The van der Waals surface area contributed by atoms with E-state index >= 15 is 0 Å². The predicted octanol–water partition coefficient (Wildman–Crippen LogP) is 2.52. The number of benzene rings is 1. The number of hydrogen-bond donors (Lipinski definition) is 0. The maximum absolute atomic E-state index is 12.9. The summed E-state index contributed by atoms with van der Waals surface area (Å²) in [7, 11) is 0.